The lowest BCUT2D eigenvalue weighted by Gasteiger charge is -2.21. The van der Waals surface area contributed by atoms with Gasteiger partial charge in [-0.1, -0.05) is 13.8 Å². The van der Waals surface area contributed by atoms with E-state index >= 15 is 0 Å². The number of carbonyl (C=O) groups excluding carboxylic acids is 1. The quantitative estimate of drug-likeness (QED) is 0.687. The molecule has 158 valence electrons. The fourth-order valence-electron chi connectivity index (χ4n) is 3.83. The van der Waals surface area contributed by atoms with E-state index in [9.17, 15) is 9.18 Å². The molecule has 0 unspecified atom stereocenters. The Bertz CT molecular complexity index is 1060. The molecule has 1 amide bonds. The van der Waals surface area contributed by atoms with Gasteiger partial charge in [-0.2, -0.15) is 5.10 Å². The molecule has 8 heteroatoms. The Balaban J connectivity index is 1.53. The number of aromatic nitrogens is 3. The minimum atomic E-state index is -0.233. The van der Waals surface area contributed by atoms with Gasteiger partial charge >= 0.3 is 0 Å². The number of nitrogen functional groups attached to an aromatic ring is 1. The minimum absolute atomic E-state index is 0.0463. The summed E-state index contributed by atoms with van der Waals surface area (Å²) in [7, 11) is 0. The summed E-state index contributed by atoms with van der Waals surface area (Å²) in [4.78, 5) is 20.5. The number of hydrogen-bond acceptors (Lipinski definition) is 5. The van der Waals surface area contributed by atoms with Crippen molar-refractivity contribution in [1.29, 1.82) is 0 Å². The van der Waals surface area contributed by atoms with Crippen LogP contribution in [-0.4, -0.2) is 38.7 Å². The number of hydrogen-bond donors (Lipinski definition) is 1. The SMILES string of the molecule is Cc1cc(-c2cc(C(C)C)n(CC(=O)N3CCc4nc(N)sc4CC3)n2)ccc1F. The number of amides is 1. The molecule has 3 aromatic rings. The largest absolute Gasteiger partial charge is 0.375 e. The molecule has 6 nitrogen and oxygen atoms in total. The third-order valence-corrected chi connectivity index (χ3v) is 6.50. The minimum Gasteiger partial charge on any atom is -0.375 e. The lowest BCUT2D eigenvalue weighted by Crippen LogP contribution is -2.36. The number of thiazole rings is 1. The topological polar surface area (TPSA) is 77.0 Å². The van der Waals surface area contributed by atoms with E-state index in [1.165, 1.54) is 22.3 Å². The van der Waals surface area contributed by atoms with E-state index in [1.807, 2.05) is 11.0 Å². The molecule has 0 saturated carbocycles. The molecule has 1 aliphatic rings. The van der Waals surface area contributed by atoms with Crippen molar-refractivity contribution in [3.8, 4) is 11.3 Å². The van der Waals surface area contributed by atoms with Gasteiger partial charge < -0.3 is 10.6 Å². The van der Waals surface area contributed by atoms with Crippen LogP contribution < -0.4 is 5.73 Å². The highest BCUT2D eigenvalue weighted by atomic mass is 32.1. The third-order valence-electron chi connectivity index (χ3n) is 5.52. The Kier molecular flexibility index (Phi) is 5.60. The highest BCUT2D eigenvalue weighted by Crippen LogP contribution is 2.26. The summed E-state index contributed by atoms with van der Waals surface area (Å²) in [6.07, 6.45) is 1.51. The molecule has 0 spiro atoms. The van der Waals surface area contributed by atoms with E-state index in [2.05, 4.69) is 18.8 Å². The summed E-state index contributed by atoms with van der Waals surface area (Å²) < 4.78 is 15.4. The maximum Gasteiger partial charge on any atom is 0.244 e. The molecule has 1 aliphatic heterocycles. The predicted molar refractivity (Wildman–Crippen MR) is 117 cm³/mol. The number of carbonyl (C=O) groups is 1. The van der Waals surface area contributed by atoms with Crippen molar-refractivity contribution in [2.24, 2.45) is 0 Å². The number of halogens is 1. The smallest absolute Gasteiger partial charge is 0.244 e. The molecule has 2 aromatic heterocycles. The van der Waals surface area contributed by atoms with Crippen LogP contribution in [-0.2, 0) is 24.2 Å². The predicted octanol–water partition coefficient (Wildman–Crippen LogP) is 3.79. The summed E-state index contributed by atoms with van der Waals surface area (Å²) >= 11 is 1.52. The van der Waals surface area contributed by atoms with Crippen molar-refractivity contribution in [3.63, 3.8) is 0 Å². The van der Waals surface area contributed by atoms with Crippen LogP contribution in [0.4, 0.5) is 9.52 Å². The normalized spacial score (nSPS) is 14.1. The summed E-state index contributed by atoms with van der Waals surface area (Å²) in [5, 5.41) is 5.29. The standard InChI is InChI=1S/C22H26FN5OS/c1-13(2)19-11-18(15-4-5-16(23)14(3)10-15)26-28(19)12-21(29)27-8-6-17-20(7-9-27)30-22(24)25-17/h4-5,10-11,13H,6-9,12H2,1-3H3,(H2,24,25). The first-order valence-electron chi connectivity index (χ1n) is 10.2. The average molecular weight is 428 g/mol. The molecular formula is C22H26FN5OS. The number of nitrogens with two attached hydrogens (primary N) is 1. The first-order chi connectivity index (χ1) is 14.3. The molecule has 1 aromatic carbocycles. The third kappa shape index (κ3) is 4.09. The maximum absolute atomic E-state index is 13.6. The van der Waals surface area contributed by atoms with E-state index in [-0.39, 0.29) is 24.2 Å². The molecular weight excluding hydrogens is 401 g/mol. The molecule has 0 aliphatic carbocycles. The van der Waals surface area contributed by atoms with Gasteiger partial charge in [0.25, 0.3) is 0 Å². The van der Waals surface area contributed by atoms with Crippen molar-refractivity contribution in [2.75, 3.05) is 18.8 Å². The summed E-state index contributed by atoms with van der Waals surface area (Å²) in [5.74, 6) is 0.0252. The highest BCUT2D eigenvalue weighted by molar-refractivity contribution is 7.15. The Morgan fingerprint density at radius 1 is 1.27 bits per heavy atom. The van der Waals surface area contributed by atoms with E-state index < -0.39 is 0 Å². The number of rotatable bonds is 4. The molecule has 0 fully saturated rings. The number of fused-ring (bicyclic) bond motifs is 1. The molecule has 0 radical (unpaired) electrons. The Hall–Kier alpha value is -2.74. The summed E-state index contributed by atoms with van der Waals surface area (Å²) in [6.45, 7) is 7.39. The van der Waals surface area contributed by atoms with Crippen LogP contribution in [0.2, 0.25) is 0 Å². The van der Waals surface area contributed by atoms with Gasteiger partial charge in [0.1, 0.15) is 12.4 Å². The Morgan fingerprint density at radius 2 is 2.03 bits per heavy atom. The number of aryl methyl sites for hydroxylation is 1. The molecule has 0 saturated heterocycles. The van der Waals surface area contributed by atoms with Crippen LogP contribution in [0.3, 0.4) is 0 Å². The van der Waals surface area contributed by atoms with E-state index in [4.69, 9.17) is 10.8 Å². The maximum atomic E-state index is 13.6. The summed E-state index contributed by atoms with van der Waals surface area (Å²) in [6, 6.07) is 6.98. The van der Waals surface area contributed by atoms with E-state index in [0.717, 1.165) is 35.5 Å². The zero-order chi connectivity index (χ0) is 21.4. The van der Waals surface area contributed by atoms with Crippen LogP contribution in [0.1, 0.15) is 41.6 Å². The molecule has 2 N–H and O–H groups in total. The second-order valence-corrected chi connectivity index (χ2v) is 9.15. The van der Waals surface area contributed by atoms with Crippen molar-refractivity contribution >= 4 is 22.4 Å². The van der Waals surface area contributed by atoms with Crippen molar-refractivity contribution in [1.82, 2.24) is 19.7 Å². The zero-order valence-electron chi connectivity index (χ0n) is 17.5. The fraction of sp³-hybridized carbons (Fsp3) is 0.409. The van der Waals surface area contributed by atoms with Gasteiger partial charge in [-0.25, -0.2) is 9.37 Å². The second kappa shape index (κ2) is 8.18. The molecule has 4 rings (SSSR count). The van der Waals surface area contributed by atoms with E-state index in [1.54, 1.807) is 23.7 Å². The lowest BCUT2D eigenvalue weighted by atomic mass is 10.1. The van der Waals surface area contributed by atoms with Gasteiger partial charge in [0.2, 0.25) is 5.91 Å². The first kappa shape index (κ1) is 20.5. The van der Waals surface area contributed by atoms with Crippen LogP contribution in [0.15, 0.2) is 24.3 Å². The Morgan fingerprint density at radius 3 is 2.77 bits per heavy atom. The molecule has 30 heavy (non-hydrogen) atoms. The zero-order valence-corrected chi connectivity index (χ0v) is 18.3. The molecule has 3 heterocycles. The van der Waals surface area contributed by atoms with Gasteiger partial charge in [0.15, 0.2) is 5.13 Å². The van der Waals surface area contributed by atoms with Crippen molar-refractivity contribution in [2.45, 2.75) is 46.1 Å². The van der Waals surface area contributed by atoms with Crippen molar-refractivity contribution in [3.05, 3.63) is 51.9 Å². The fourth-order valence-corrected chi connectivity index (χ4v) is 4.70. The van der Waals surface area contributed by atoms with Crippen LogP contribution in [0.5, 0.6) is 0 Å². The highest BCUT2D eigenvalue weighted by Gasteiger charge is 2.23. The van der Waals surface area contributed by atoms with Gasteiger partial charge in [-0.3, -0.25) is 9.48 Å². The van der Waals surface area contributed by atoms with Crippen LogP contribution in [0.25, 0.3) is 11.3 Å². The van der Waals surface area contributed by atoms with Gasteiger partial charge in [0, 0.05) is 42.1 Å². The first-order valence-corrected chi connectivity index (χ1v) is 11.0. The second-order valence-electron chi connectivity index (χ2n) is 8.03. The van der Waals surface area contributed by atoms with Gasteiger partial charge in [-0.15, -0.1) is 11.3 Å². The average Bonchev–Trinajstić information content (AvgIpc) is 3.21. The number of benzene rings is 1. The Labute approximate surface area is 179 Å². The van der Waals surface area contributed by atoms with Gasteiger partial charge in [-0.05, 0) is 42.7 Å². The van der Waals surface area contributed by atoms with Gasteiger partial charge in [0.05, 0.1) is 11.4 Å². The lowest BCUT2D eigenvalue weighted by molar-refractivity contribution is -0.132. The van der Waals surface area contributed by atoms with Crippen LogP contribution >= 0.6 is 11.3 Å². The molecule has 0 bridgehead atoms. The summed E-state index contributed by atoms with van der Waals surface area (Å²) in [5.41, 5.74) is 10.0. The van der Waals surface area contributed by atoms with Crippen molar-refractivity contribution < 1.29 is 9.18 Å². The molecule has 0 atom stereocenters. The number of anilines is 1. The number of nitrogens with zero attached hydrogens (tertiary/aromatic N) is 4. The monoisotopic (exact) mass is 427 g/mol. The van der Waals surface area contributed by atoms with E-state index in [0.29, 0.717) is 23.8 Å². The van der Waals surface area contributed by atoms with Crippen LogP contribution in [0, 0.1) is 12.7 Å².